The van der Waals surface area contributed by atoms with Gasteiger partial charge in [0.05, 0.1) is 0 Å². The third-order valence-electron chi connectivity index (χ3n) is 2.53. The van der Waals surface area contributed by atoms with Crippen LogP contribution in [-0.2, 0) is 0 Å². The summed E-state index contributed by atoms with van der Waals surface area (Å²) in [6, 6.07) is 8.52. The minimum Gasteiger partial charge on any atom is -0.409 e. The van der Waals surface area contributed by atoms with E-state index >= 15 is 0 Å². The van der Waals surface area contributed by atoms with E-state index in [9.17, 15) is 0 Å². The monoisotopic (exact) mass is 299 g/mol. The molecule has 0 saturated carbocycles. The Bertz CT molecular complexity index is 395. The molecule has 0 aliphatic rings. The summed E-state index contributed by atoms with van der Waals surface area (Å²) in [5.41, 5.74) is 6.66. The highest BCUT2D eigenvalue weighted by atomic mass is 79.9. The molecule has 0 bridgehead atoms. The van der Waals surface area contributed by atoms with E-state index in [4.69, 9.17) is 10.9 Å². The predicted molar refractivity (Wildman–Crippen MR) is 73.2 cm³/mol. The zero-order chi connectivity index (χ0) is 12.8. The van der Waals surface area contributed by atoms with Crippen LogP contribution < -0.4 is 11.1 Å². The summed E-state index contributed by atoms with van der Waals surface area (Å²) in [5.74, 6) is 0.242. The van der Waals surface area contributed by atoms with Crippen molar-refractivity contribution in [2.24, 2.45) is 10.9 Å². The molecule has 1 rings (SSSR count). The fraction of sp³-hybridized carbons (Fsp3) is 0.417. The predicted octanol–water partition coefficient (Wildman–Crippen LogP) is 2.62. The lowest BCUT2D eigenvalue weighted by Crippen LogP contribution is -2.33. The van der Waals surface area contributed by atoms with Crippen molar-refractivity contribution in [2.75, 3.05) is 0 Å². The Morgan fingerprint density at radius 1 is 1.53 bits per heavy atom. The number of oxime groups is 1. The molecule has 1 unspecified atom stereocenters. The van der Waals surface area contributed by atoms with E-state index in [-0.39, 0.29) is 17.9 Å². The van der Waals surface area contributed by atoms with Gasteiger partial charge in [-0.3, -0.25) is 0 Å². The maximum absolute atomic E-state index is 8.50. The first-order chi connectivity index (χ1) is 8.02. The van der Waals surface area contributed by atoms with Crippen molar-refractivity contribution >= 4 is 21.8 Å². The van der Waals surface area contributed by atoms with E-state index in [0.29, 0.717) is 6.42 Å². The molecule has 0 aliphatic carbocycles. The smallest absolute Gasteiger partial charge is 0.140 e. The number of hydrogen-bond acceptors (Lipinski definition) is 3. The largest absolute Gasteiger partial charge is 0.409 e. The molecule has 94 valence electrons. The number of rotatable bonds is 5. The van der Waals surface area contributed by atoms with Gasteiger partial charge in [-0.1, -0.05) is 33.2 Å². The third kappa shape index (κ3) is 4.75. The quantitative estimate of drug-likeness (QED) is 0.339. The number of nitrogens with two attached hydrogens (primary N) is 1. The highest BCUT2D eigenvalue weighted by Gasteiger charge is 2.11. The summed E-state index contributed by atoms with van der Waals surface area (Å²) < 4.78 is 1.06. The topological polar surface area (TPSA) is 70.6 Å². The van der Waals surface area contributed by atoms with E-state index in [0.717, 1.165) is 4.47 Å². The van der Waals surface area contributed by atoms with Gasteiger partial charge in [-0.2, -0.15) is 0 Å². The highest BCUT2D eigenvalue weighted by Crippen LogP contribution is 2.18. The van der Waals surface area contributed by atoms with Crippen LogP contribution in [0.4, 0.5) is 0 Å². The summed E-state index contributed by atoms with van der Waals surface area (Å²) in [7, 11) is 0. The van der Waals surface area contributed by atoms with Crippen LogP contribution in [0.5, 0.6) is 0 Å². The van der Waals surface area contributed by atoms with Gasteiger partial charge < -0.3 is 16.3 Å². The Labute approximate surface area is 110 Å². The van der Waals surface area contributed by atoms with Gasteiger partial charge in [-0.15, -0.1) is 0 Å². The van der Waals surface area contributed by atoms with Gasteiger partial charge in [0.15, 0.2) is 0 Å². The third-order valence-corrected chi connectivity index (χ3v) is 3.02. The van der Waals surface area contributed by atoms with Crippen LogP contribution in [-0.4, -0.2) is 17.1 Å². The molecule has 1 aromatic carbocycles. The molecular formula is C12H18BrN3O. The van der Waals surface area contributed by atoms with Crippen molar-refractivity contribution < 1.29 is 5.21 Å². The summed E-state index contributed by atoms with van der Waals surface area (Å²) in [6.45, 7) is 4.09. The van der Waals surface area contributed by atoms with Crippen molar-refractivity contribution in [3.05, 3.63) is 34.3 Å². The molecule has 0 saturated heterocycles. The first kappa shape index (κ1) is 14.0. The van der Waals surface area contributed by atoms with E-state index in [1.165, 1.54) is 5.56 Å². The van der Waals surface area contributed by atoms with Crippen molar-refractivity contribution in [2.45, 2.75) is 32.4 Å². The minimum absolute atomic E-state index is 0.153. The lowest BCUT2D eigenvalue weighted by Gasteiger charge is -2.20. The average molecular weight is 300 g/mol. The number of nitrogens with zero attached hydrogens (tertiary/aromatic N) is 1. The van der Waals surface area contributed by atoms with Gasteiger partial charge in [0.1, 0.15) is 5.84 Å². The molecular weight excluding hydrogens is 282 g/mol. The second-order valence-corrected chi connectivity index (χ2v) is 5.06. The molecule has 0 aliphatic heterocycles. The molecule has 17 heavy (non-hydrogen) atoms. The Hall–Kier alpha value is -1.07. The Kier molecular flexibility index (Phi) is 5.44. The standard InChI is InChI=1S/C12H18BrN3O/c1-8(6-12(14)16-17)15-9(2)10-4-3-5-11(13)7-10/h3-5,7-9,15,17H,6H2,1-2H3,(H2,14,16)/t8?,9-/m1/s1. The van der Waals surface area contributed by atoms with E-state index in [2.05, 4.69) is 45.5 Å². The molecule has 5 heteroatoms. The highest BCUT2D eigenvalue weighted by molar-refractivity contribution is 9.10. The van der Waals surface area contributed by atoms with Gasteiger partial charge >= 0.3 is 0 Å². The van der Waals surface area contributed by atoms with Gasteiger partial charge in [0.2, 0.25) is 0 Å². The van der Waals surface area contributed by atoms with Crippen LogP contribution >= 0.6 is 15.9 Å². The van der Waals surface area contributed by atoms with Crippen LogP contribution in [0.15, 0.2) is 33.9 Å². The second-order valence-electron chi connectivity index (χ2n) is 4.14. The number of amidine groups is 1. The molecule has 4 N–H and O–H groups in total. The van der Waals surface area contributed by atoms with Crippen LogP contribution in [0.2, 0.25) is 0 Å². The molecule has 0 aromatic heterocycles. The molecule has 0 radical (unpaired) electrons. The van der Waals surface area contributed by atoms with Gasteiger partial charge in [0, 0.05) is 23.0 Å². The van der Waals surface area contributed by atoms with Crippen molar-refractivity contribution in [3.63, 3.8) is 0 Å². The van der Waals surface area contributed by atoms with Crippen LogP contribution in [0.25, 0.3) is 0 Å². The number of benzene rings is 1. The van der Waals surface area contributed by atoms with Crippen LogP contribution in [0.1, 0.15) is 31.9 Å². The van der Waals surface area contributed by atoms with E-state index < -0.39 is 0 Å². The van der Waals surface area contributed by atoms with E-state index in [1.807, 2.05) is 19.1 Å². The second kappa shape index (κ2) is 6.61. The summed E-state index contributed by atoms with van der Waals surface area (Å²) in [4.78, 5) is 0. The zero-order valence-corrected chi connectivity index (χ0v) is 11.6. The molecule has 0 heterocycles. The molecule has 0 amide bonds. The maximum atomic E-state index is 8.50. The Morgan fingerprint density at radius 2 is 2.24 bits per heavy atom. The summed E-state index contributed by atoms with van der Waals surface area (Å²) in [6.07, 6.45) is 0.523. The SMILES string of the molecule is CC(C/C(N)=N/O)N[C@H](C)c1cccc(Br)c1. The fourth-order valence-electron chi connectivity index (χ4n) is 1.71. The van der Waals surface area contributed by atoms with Gasteiger partial charge in [0.25, 0.3) is 0 Å². The molecule has 2 atom stereocenters. The first-order valence-electron chi connectivity index (χ1n) is 5.51. The lowest BCUT2D eigenvalue weighted by molar-refractivity contribution is 0.315. The van der Waals surface area contributed by atoms with Crippen molar-refractivity contribution in [3.8, 4) is 0 Å². The van der Waals surface area contributed by atoms with Crippen LogP contribution in [0, 0.1) is 0 Å². The molecule has 0 spiro atoms. The first-order valence-corrected chi connectivity index (χ1v) is 6.30. The summed E-state index contributed by atoms with van der Waals surface area (Å²) in [5, 5.41) is 14.9. The van der Waals surface area contributed by atoms with Crippen molar-refractivity contribution in [1.29, 1.82) is 0 Å². The molecule has 4 nitrogen and oxygen atoms in total. The normalized spacial score (nSPS) is 15.6. The molecule has 1 aromatic rings. The maximum Gasteiger partial charge on any atom is 0.140 e. The van der Waals surface area contributed by atoms with Gasteiger partial charge in [-0.25, -0.2) is 0 Å². The lowest BCUT2D eigenvalue weighted by atomic mass is 10.1. The minimum atomic E-state index is 0.153. The number of nitrogens with one attached hydrogen (secondary N) is 1. The van der Waals surface area contributed by atoms with Crippen molar-refractivity contribution in [1.82, 2.24) is 5.32 Å². The molecule has 0 fully saturated rings. The zero-order valence-electron chi connectivity index (χ0n) is 10.0. The Balaban J connectivity index is 2.57. The summed E-state index contributed by atoms with van der Waals surface area (Å²) >= 11 is 3.45. The number of halogens is 1. The average Bonchev–Trinajstić information content (AvgIpc) is 2.28. The van der Waals surface area contributed by atoms with E-state index in [1.54, 1.807) is 0 Å². The Morgan fingerprint density at radius 3 is 2.82 bits per heavy atom. The van der Waals surface area contributed by atoms with Gasteiger partial charge in [-0.05, 0) is 31.5 Å². The van der Waals surface area contributed by atoms with Crippen LogP contribution in [0.3, 0.4) is 0 Å². The number of hydrogen-bond donors (Lipinski definition) is 3. The fourth-order valence-corrected chi connectivity index (χ4v) is 2.13.